The van der Waals surface area contributed by atoms with E-state index in [0.29, 0.717) is 0 Å². The van der Waals surface area contributed by atoms with E-state index in [1.807, 2.05) is 24.3 Å². The summed E-state index contributed by atoms with van der Waals surface area (Å²) in [4.78, 5) is 2.62. The lowest BCUT2D eigenvalue weighted by Crippen LogP contribution is -2.00. The van der Waals surface area contributed by atoms with Gasteiger partial charge < -0.3 is 5.11 Å². The normalized spacial score (nSPS) is 11.9. The van der Waals surface area contributed by atoms with Crippen LogP contribution < -0.4 is 0 Å². The number of hydrogen-bond acceptors (Lipinski definition) is 2. The maximum absolute atomic E-state index is 9.65. The molecule has 1 rings (SSSR count). The first-order chi connectivity index (χ1) is 7.77. The molecule has 0 saturated carbocycles. The Hall–Kier alpha value is -1.51. The minimum atomic E-state index is -0.698. The number of aliphatic hydroxyl groups excluding tert-OH is 1. The molecule has 0 heterocycles. The summed E-state index contributed by atoms with van der Waals surface area (Å²) in [5.41, 5.74) is 10.2. The predicted octanol–water partition coefficient (Wildman–Crippen LogP) is 3.37. The van der Waals surface area contributed by atoms with Gasteiger partial charge in [-0.05, 0) is 29.5 Å². The van der Waals surface area contributed by atoms with Crippen LogP contribution in [0.1, 0.15) is 37.0 Å². The third-order valence-corrected chi connectivity index (χ3v) is 2.50. The standard InChI is InChI=1S/C12H17N3O/c1-2-3-4-10-5-7-11(8-6-10)12(16)9-14-15-13/h5-8,12,16H,2-4,9H2,1H3/t12-/m1/s1. The van der Waals surface area contributed by atoms with Crippen molar-refractivity contribution in [3.63, 3.8) is 0 Å². The maximum Gasteiger partial charge on any atom is 0.0846 e. The number of azide groups is 1. The fourth-order valence-electron chi connectivity index (χ4n) is 1.51. The topological polar surface area (TPSA) is 69.0 Å². The summed E-state index contributed by atoms with van der Waals surface area (Å²) in [6.07, 6.45) is 2.74. The molecule has 0 radical (unpaired) electrons. The van der Waals surface area contributed by atoms with Crippen molar-refractivity contribution in [3.8, 4) is 0 Å². The minimum absolute atomic E-state index is 0.0881. The summed E-state index contributed by atoms with van der Waals surface area (Å²) in [5, 5.41) is 13.0. The summed E-state index contributed by atoms with van der Waals surface area (Å²) in [6.45, 7) is 2.25. The third-order valence-electron chi connectivity index (χ3n) is 2.50. The van der Waals surface area contributed by atoms with E-state index in [9.17, 15) is 5.11 Å². The van der Waals surface area contributed by atoms with E-state index in [2.05, 4.69) is 16.9 Å². The monoisotopic (exact) mass is 219 g/mol. The molecule has 1 aromatic carbocycles. The van der Waals surface area contributed by atoms with Gasteiger partial charge in [0.2, 0.25) is 0 Å². The van der Waals surface area contributed by atoms with Gasteiger partial charge >= 0.3 is 0 Å². The van der Waals surface area contributed by atoms with Crippen molar-refractivity contribution in [1.82, 2.24) is 0 Å². The zero-order chi connectivity index (χ0) is 11.8. The van der Waals surface area contributed by atoms with Crippen LogP contribution in [-0.4, -0.2) is 11.7 Å². The lowest BCUT2D eigenvalue weighted by atomic mass is 10.0. The van der Waals surface area contributed by atoms with Crippen LogP contribution in [-0.2, 0) is 6.42 Å². The first-order valence-electron chi connectivity index (χ1n) is 5.55. The second-order valence-corrected chi connectivity index (χ2v) is 3.77. The predicted molar refractivity (Wildman–Crippen MR) is 64.0 cm³/mol. The Morgan fingerprint density at radius 3 is 2.62 bits per heavy atom. The van der Waals surface area contributed by atoms with Gasteiger partial charge in [-0.3, -0.25) is 0 Å². The molecular weight excluding hydrogens is 202 g/mol. The molecule has 1 aromatic rings. The van der Waals surface area contributed by atoms with Gasteiger partial charge in [0.1, 0.15) is 0 Å². The highest BCUT2D eigenvalue weighted by atomic mass is 16.3. The van der Waals surface area contributed by atoms with Gasteiger partial charge in [-0.15, -0.1) is 0 Å². The molecular formula is C12H17N3O. The Balaban J connectivity index is 2.59. The molecule has 0 aliphatic carbocycles. The molecule has 0 unspecified atom stereocenters. The van der Waals surface area contributed by atoms with Crippen molar-refractivity contribution < 1.29 is 5.11 Å². The number of aliphatic hydroxyl groups is 1. The van der Waals surface area contributed by atoms with E-state index < -0.39 is 6.10 Å². The lowest BCUT2D eigenvalue weighted by Gasteiger charge is -2.08. The van der Waals surface area contributed by atoms with E-state index >= 15 is 0 Å². The van der Waals surface area contributed by atoms with Gasteiger partial charge in [0.15, 0.2) is 0 Å². The van der Waals surface area contributed by atoms with Gasteiger partial charge in [-0.25, -0.2) is 0 Å². The highest BCUT2D eigenvalue weighted by molar-refractivity contribution is 5.24. The highest BCUT2D eigenvalue weighted by Crippen LogP contribution is 2.15. The summed E-state index contributed by atoms with van der Waals surface area (Å²) in [6, 6.07) is 7.82. The Kier molecular flexibility index (Phi) is 5.40. The van der Waals surface area contributed by atoms with Crippen molar-refractivity contribution >= 4 is 0 Å². The van der Waals surface area contributed by atoms with Crippen LogP contribution in [0.5, 0.6) is 0 Å². The fraction of sp³-hybridized carbons (Fsp3) is 0.500. The molecule has 1 atom stereocenters. The molecule has 0 saturated heterocycles. The first-order valence-corrected chi connectivity index (χ1v) is 5.55. The number of benzene rings is 1. The Morgan fingerprint density at radius 1 is 1.38 bits per heavy atom. The number of rotatable bonds is 6. The molecule has 0 fully saturated rings. The molecule has 0 aliphatic rings. The summed E-state index contributed by atoms with van der Waals surface area (Å²) >= 11 is 0. The van der Waals surface area contributed by atoms with E-state index in [1.54, 1.807) is 0 Å². The van der Waals surface area contributed by atoms with E-state index in [1.165, 1.54) is 18.4 Å². The van der Waals surface area contributed by atoms with Crippen LogP contribution in [0.4, 0.5) is 0 Å². The van der Waals surface area contributed by atoms with E-state index in [4.69, 9.17) is 5.53 Å². The van der Waals surface area contributed by atoms with Gasteiger partial charge in [0.05, 0.1) is 12.6 Å². The Bertz CT molecular complexity index is 355. The summed E-state index contributed by atoms with van der Waals surface area (Å²) in [5.74, 6) is 0. The van der Waals surface area contributed by atoms with Gasteiger partial charge in [0, 0.05) is 4.91 Å². The molecule has 4 heteroatoms. The van der Waals surface area contributed by atoms with Crippen molar-refractivity contribution in [1.29, 1.82) is 0 Å². The molecule has 0 spiro atoms. The Morgan fingerprint density at radius 2 is 2.06 bits per heavy atom. The highest BCUT2D eigenvalue weighted by Gasteiger charge is 2.05. The average Bonchev–Trinajstić information content (AvgIpc) is 2.34. The van der Waals surface area contributed by atoms with E-state index in [0.717, 1.165) is 12.0 Å². The SMILES string of the molecule is CCCCc1ccc([C@H](O)CN=[N+]=[N-])cc1. The second-order valence-electron chi connectivity index (χ2n) is 3.77. The zero-order valence-electron chi connectivity index (χ0n) is 9.50. The molecule has 1 N–H and O–H groups in total. The van der Waals surface area contributed by atoms with Gasteiger partial charge in [-0.2, -0.15) is 0 Å². The first kappa shape index (κ1) is 12.6. The average molecular weight is 219 g/mol. The van der Waals surface area contributed by atoms with Crippen molar-refractivity contribution in [2.24, 2.45) is 5.11 Å². The second kappa shape index (κ2) is 6.88. The van der Waals surface area contributed by atoms with Crippen molar-refractivity contribution in [3.05, 3.63) is 45.8 Å². The van der Waals surface area contributed by atoms with Crippen molar-refractivity contribution in [2.45, 2.75) is 32.3 Å². The number of nitrogens with zero attached hydrogens (tertiary/aromatic N) is 3. The van der Waals surface area contributed by atoms with Crippen LogP contribution in [0.15, 0.2) is 29.4 Å². The van der Waals surface area contributed by atoms with Crippen LogP contribution in [0.3, 0.4) is 0 Å². The van der Waals surface area contributed by atoms with Crippen molar-refractivity contribution in [2.75, 3.05) is 6.54 Å². The molecule has 0 aliphatic heterocycles. The number of hydrogen-bond donors (Lipinski definition) is 1. The van der Waals surface area contributed by atoms with Crippen LogP contribution in [0, 0.1) is 0 Å². The molecule has 0 aromatic heterocycles. The maximum atomic E-state index is 9.65. The van der Waals surface area contributed by atoms with Gasteiger partial charge in [-0.1, -0.05) is 42.7 Å². The van der Waals surface area contributed by atoms with Crippen LogP contribution in [0.25, 0.3) is 10.4 Å². The minimum Gasteiger partial charge on any atom is -0.388 e. The largest absolute Gasteiger partial charge is 0.388 e. The van der Waals surface area contributed by atoms with E-state index in [-0.39, 0.29) is 6.54 Å². The van der Waals surface area contributed by atoms with Gasteiger partial charge in [0.25, 0.3) is 0 Å². The van der Waals surface area contributed by atoms with Crippen LogP contribution >= 0.6 is 0 Å². The molecule has 4 nitrogen and oxygen atoms in total. The lowest BCUT2D eigenvalue weighted by molar-refractivity contribution is 0.187. The number of unbranched alkanes of at least 4 members (excludes halogenated alkanes) is 1. The summed E-state index contributed by atoms with van der Waals surface area (Å²) in [7, 11) is 0. The van der Waals surface area contributed by atoms with Crippen LogP contribution in [0.2, 0.25) is 0 Å². The quantitative estimate of drug-likeness (QED) is 0.444. The fourth-order valence-corrected chi connectivity index (χ4v) is 1.51. The Labute approximate surface area is 95.5 Å². The summed E-state index contributed by atoms with van der Waals surface area (Å²) < 4.78 is 0. The third kappa shape index (κ3) is 3.93. The molecule has 0 bridgehead atoms. The molecule has 0 amide bonds. The smallest absolute Gasteiger partial charge is 0.0846 e. The molecule has 16 heavy (non-hydrogen) atoms. The number of aryl methyl sites for hydroxylation is 1. The molecule has 86 valence electrons. The zero-order valence-corrected chi connectivity index (χ0v) is 9.50.